The number of rotatable bonds is 3. The average Bonchev–Trinajstić information content (AvgIpc) is 2.30. The lowest BCUT2D eigenvalue weighted by molar-refractivity contribution is 1.03. The van der Waals surface area contributed by atoms with Gasteiger partial charge in [-0.2, -0.15) is 0 Å². The Kier molecular flexibility index (Phi) is 3.15. The van der Waals surface area contributed by atoms with Crippen LogP contribution in [0.1, 0.15) is 16.7 Å². The highest BCUT2D eigenvalue weighted by atomic mass is 15.1. The molecule has 0 bridgehead atoms. The Balaban J connectivity index is 2.02. The molecule has 0 saturated carbocycles. The van der Waals surface area contributed by atoms with Gasteiger partial charge in [-0.15, -0.1) is 0 Å². The molecule has 0 spiro atoms. The van der Waals surface area contributed by atoms with E-state index in [-0.39, 0.29) is 0 Å². The third kappa shape index (κ3) is 2.57. The van der Waals surface area contributed by atoms with Crippen LogP contribution in [0.4, 0.5) is 5.95 Å². The molecule has 0 aliphatic heterocycles. The quantitative estimate of drug-likeness (QED) is 0.851. The highest BCUT2D eigenvalue weighted by Crippen LogP contribution is 2.08. The first-order chi connectivity index (χ1) is 7.75. The predicted molar refractivity (Wildman–Crippen MR) is 65.3 cm³/mol. The molecule has 0 aliphatic carbocycles. The van der Waals surface area contributed by atoms with Gasteiger partial charge in [0.15, 0.2) is 0 Å². The van der Waals surface area contributed by atoms with Gasteiger partial charge >= 0.3 is 0 Å². The van der Waals surface area contributed by atoms with Crippen LogP contribution in [0.15, 0.2) is 36.7 Å². The Morgan fingerprint density at radius 2 is 1.75 bits per heavy atom. The van der Waals surface area contributed by atoms with Crippen LogP contribution in [-0.4, -0.2) is 9.97 Å². The van der Waals surface area contributed by atoms with Crippen molar-refractivity contribution >= 4 is 5.95 Å². The molecule has 1 aromatic heterocycles. The maximum Gasteiger partial charge on any atom is 0.222 e. The fourth-order valence-corrected chi connectivity index (χ4v) is 1.47. The lowest BCUT2D eigenvalue weighted by atomic mass is 10.1. The van der Waals surface area contributed by atoms with Crippen LogP contribution in [0, 0.1) is 13.8 Å². The predicted octanol–water partition coefficient (Wildman–Crippen LogP) is 2.71. The molecule has 16 heavy (non-hydrogen) atoms. The first-order valence-corrected chi connectivity index (χ1v) is 5.33. The average molecular weight is 213 g/mol. The van der Waals surface area contributed by atoms with Crippen molar-refractivity contribution in [2.75, 3.05) is 5.32 Å². The molecule has 3 nitrogen and oxygen atoms in total. The number of nitrogens with one attached hydrogen (secondary N) is 1. The Hall–Kier alpha value is -1.90. The van der Waals surface area contributed by atoms with Crippen molar-refractivity contribution in [3.8, 4) is 0 Å². The Morgan fingerprint density at radius 1 is 1.06 bits per heavy atom. The van der Waals surface area contributed by atoms with Gasteiger partial charge in [-0.3, -0.25) is 0 Å². The summed E-state index contributed by atoms with van der Waals surface area (Å²) in [7, 11) is 0. The van der Waals surface area contributed by atoms with Crippen LogP contribution in [0.25, 0.3) is 0 Å². The highest BCUT2D eigenvalue weighted by molar-refractivity contribution is 5.31. The second-order valence-corrected chi connectivity index (χ2v) is 3.86. The Morgan fingerprint density at radius 3 is 2.44 bits per heavy atom. The maximum atomic E-state index is 4.20. The molecule has 0 saturated heterocycles. The third-order valence-corrected chi connectivity index (χ3v) is 2.48. The molecular weight excluding hydrogens is 198 g/mol. The van der Waals surface area contributed by atoms with Gasteiger partial charge in [0.1, 0.15) is 0 Å². The Labute approximate surface area is 95.6 Å². The van der Waals surface area contributed by atoms with E-state index in [4.69, 9.17) is 0 Å². The summed E-state index contributed by atoms with van der Waals surface area (Å²) in [4.78, 5) is 8.40. The second kappa shape index (κ2) is 4.75. The number of aryl methyl sites for hydroxylation is 2. The fraction of sp³-hybridized carbons (Fsp3) is 0.231. The van der Waals surface area contributed by atoms with E-state index in [1.54, 1.807) is 0 Å². The van der Waals surface area contributed by atoms with E-state index < -0.39 is 0 Å². The molecule has 1 N–H and O–H groups in total. The summed E-state index contributed by atoms with van der Waals surface area (Å²) in [6, 6.07) is 8.30. The zero-order valence-corrected chi connectivity index (χ0v) is 9.57. The van der Waals surface area contributed by atoms with E-state index in [9.17, 15) is 0 Å². The van der Waals surface area contributed by atoms with Gasteiger partial charge in [0, 0.05) is 18.9 Å². The van der Waals surface area contributed by atoms with Crippen molar-refractivity contribution in [2.45, 2.75) is 20.4 Å². The van der Waals surface area contributed by atoms with Crippen LogP contribution in [0.2, 0.25) is 0 Å². The summed E-state index contributed by atoms with van der Waals surface area (Å²) in [5, 5.41) is 3.21. The molecule has 0 amide bonds. The molecule has 0 unspecified atom stereocenters. The SMILES string of the molecule is Cc1cnc(NCc2ccccc2C)nc1. The molecule has 82 valence electrons. The molecule has 1 aromatic carbocycles. The smallest absolute Gasteiger partial charge is 0.222 e. The largest absolute Gasteiger partial charge is 0.350 e. The Bertz CT molecular complexity index is 463. The van der Waals surface area contributed by atoms with Crippen LogP contribution in [0.3, 0.4) is 0 Å². The zero-order valence-electron chi connectivity index (χ0n) is 9.57. The normalized spacial score (nSPS) is 10.1. The first kappa shape index (κ1) is 10.6. The zero-order chi connectivity index (χ0) is 11.4. The van der Waals surface area contributed by atoms with Gasteiger partial charge < -0.3 is 5.32 Å². The van der Waals surface area contributed by atoms with E-state index in [0.29, 0.717) is 5.95 Å². The molecule has 3 heteroatoms. The summed E-state index contributed by atoms with van der Waals surface area (Å²) < 4.78 is 0. The maximum absolute atomic E-state index is 4.20. The first-order valence-electron chi connectivity index (χ1n) is 5.33. The molecule has 1 heterocycles. The topological polar surface area (TPSA) is 37.8 Å². The standard InChI is InChI=1S/C13H15N3/c1-10-7-14-13(15-8-10)16-9-12-6-4-3-5-11(12)2/h3-8H,9H2,1-2H3,(H,14,15,16). The van der Waals surface area contributed by atoms with Gasteiger partial charge in [-0.25, -0.2) is 9.97 Å². The van der Waals surface area contributed by atoms with E-state index >= 15 is 0 Å². The van der Waals surface area contributed by atoms with Crippen molar-refractivity contribution in [2.24, 2.45) is 0 Å². The van der Waals surface area contributed by atoms with Crippen molar-refractivity contribution < 1.29 is 0 Å². The lowest BCUT2D eigenvalue weighted by Crippen LogP contribution is -2.04. The van der Waals surface area contributed by atoms with Crippen molar-refractivity contribution in [3.05, 3.63) is 53.3 Å². The summed E-state index contributed by atoms with van der Waals surface area (Å²) in [5.41, 5.74) is 3.62. The third-order valence-electron chi connectivity index (χ3n) is 2.48. The van der Waals surface area contributed by atoms with Crippen LogP contribution in [0.5, 0.6) is 0 Å². The molecule has 0 fully saturated rings. The summed E-state index contributed by atoms with van der Waals surface area (Å²) in [6.45, 7) is 4.84. The fourth-order valence-electron chi connectivity index (χ4n) is 1.47. The summed E-state index contributed by atoms with van der Waals surface area (Å²) >= 11 is 0. The minimum atomic E-state index is 0.675. The number of benzene rings is 1. The second-order valence-electron chi connectivity index (χ2n) is 3.86. The van der Waals surface area contributed by atoms with Crippen LogP contribution >= 0.6 is 0 Å². The van der Waals surface area contributed by atoms with Gasteiger partial charge in [0.2, 0.25) is 5.95 Å². The molecule has 2 rings (SSSR count). The van der Waals surface area contributed by atoms with Gasteiger partial charge in [-0.05, 0) is 30.5 Å². The van der Waals surface area contributed by atoms with Gasteiger partial charge in [0.25, 0.3) is 0 Å². The molecule has 0 radical (unpaired) electrons. The molecule has 2 aromatic rings. The van der Waals surface area contributed by atoms with E-state index in [1.807, 2.05) is 31.5 Å². The summed E-state index contributed by atoms with van der Waals surface area (Å²) in [5.74, 6) is 0.675. The number of hydrogen-bond donors (Lipinski definition) is 1. The number of anilines is 1. The van der Waals surface area contributed by atoms with E-state index in [1.165, 1.54) is 11.1 Å². The number of hydrogen-bond acceptors (Lipinski definition) is 3. The molecular formula is C13H15N3. The van der Waals surface area contributed by atoms with Crippen molar-refractivity contribution in [1.29, 1.82) is 0 Å². The molecule has 0 aliphatic rings. The number of aromatic nitrogens is 2. The summed E-state index contributed by atoms with van der Waals surface area (Å²) in [6.07, 6.45) is 3.63. The van der Waals surface area contributed by atoms with Gasteiger partial charge in [-0.1, -0.05) is 24.3 Å². The minimum absolute atomic E-state index is 0.675. The van der Waals surface area contributed by atoms with Crippen LogP contribution < -0.4 is 5.32 Å². The van der Waals surface area contributed by atoms with Crippen molar-refractivity contribution in [1.82, 2.24) is 9.97 Å². The van der Waals surface area contributed by atoms with E-state index in [0.717, 1.165) is 12.1 Å². The van der Waals surface area contributed by atoms with Gasteiger partial charge in [0.05, 0.1) is 0 Å². The van der Waals surface area contributed by atoms with Crippen LogP contribution in [-0.2, 0) is 6.54 Å². The highest BCUT2D eigenvalue weighted by Gasteiger charge is 1.98. The molecule has 0 atom stereocenters. The van der Waals surface area contributed by atoms with Crippen molar-refractivity contribution in [3.63, 3.8) is 0 Å². The number of nitrogens with zero attached hydrogens (tertiary/aromatic N) is 2. The monoisotopic (exact) mass is 213 g/mol. The minimum Gasteiger partial charge on any atom is -0.350 e. The van der Waals surface area contributed by atoms with E-state index in [2.05, 4.69) is 34.3 Å². The lowest BCUT2D eigenvalue weighted by Gasteiger charge is -2.07.